The van der Waals surface area contributed by atoms with Gasteiger partial charge in [0.25, 0.3) is 0 Å². The summed E-state index contributed by atoms with van der Waals surface area (Å²) in [7, 11) is 0. The molecule has 0 radical (unpaired) electrons. The average Bonchev–Trinajstić information content (AvgIpc) is 2.62. The molecule has 2 aromatic rings. The molecule has 0 aliphatic carbocycles. The van der Waals surface area contributed by atoms with E-state index in [9.17, 15) is 13.6 Å². The van der Waals surface area contributed by atoms with Gasteiger partial charge in [0.1, 0.15) is 11.6 Å². The zero-order chi connectivity index (χ0) is 20.0. The van der Waals surface area contributed by atoms with Crippen molar-refractivity contribution in [1.82, 2.24) is 0 Å². The molecular formula is C20H24F2N2O3. The Morgan fingerprint density at radius 3 is 1.63 bits per heavy atom. The lowest BCUT2D eigenvalue weighted by Gasteiger charge is -2.29. The van der Waals surface area contributed by atoms with Crippen LogP contribution in [-0.4, -0.2) is 24.7 Å². The maximum atomic E-state index is 13.1. The first-order valence-corrected chi connectivity index (χ1v) is 8.71. The molecule has 0 aliphatic heterocycles. The molecule has 0 spiro atoms. The Hall–Kier alpha value is -2.67. The standard InChI is InChI=1S/C20H24F2N2O3/c1-14(2)23(18-9-5-16(21)6-10-18)26-13-20(25)27-24(15(3)4)19-11-7-17(22)8-12-19/h5-12,14-15H,13H2,1-4H3. The molecular weight excluding hydrogens is 354 g/mol. The van der Waals surface area contributed by atoms with Crippen LogP contribution in [0.1, 0.15) is 27.7 Å². The van der Waals surface area contributed by atoms with Crippen molar-refractivity contribution in [2.24, 2.45) is 0 Å². The first kappa shape index (κ1) is 20.6. The molecule has 0 N–H and O–H groups in total. The minimum atomic E-state index is -0.610. The fourth-order valence-electron chi connectivity index (χ4n) is 2.41. The number of halogens is 2. The molecule has 0 fully saturated rings. The topological polar surface area (TPSA) is 42.0 Å². The first-order chi connectivity index (χ1) is 12.8. The lowest BCUT2D eigenvalue weighted by atomic mass is 10.2. The van der Waals surface area contributed by atoms with E-state index in [0.29, 0.717) is 11.4 Å². The summed E-state index contributed by atoms with van der Waals surface area (Å²) in [5, 5.41) is 2.90. The predicted octanol–water partition coefficient (Wildman–Crippen LogP) is 4.48. The summed E-state index contributed by atoms with van der Waals surface area (Å²) < 4.78 is 26.2. The average molecular weight is 378 g/mol. The van der Waals surface area contributed by atoms with Crippen molar-refractivity contribution in [3.05, 3.63) is 60.2 Å². The second-order valence-corrected chi connectivity index (χ2v) is 6.53. The van der Waals surface area contributed by atoms with Crippen molar-refractivity contribution in [3.8, 4) is 0 Å². The summed E-state index contributed by atoms with van der Waals surface area (Å²) in [6, 6.07) is 11.2. The van der Waals surface area contributed by atoms with Gasteiger partial charge in [-0.3, -0.25) is 9.90 Å². The van der Waals surface area contributed by atoms with E-state index in [4.69, 9.17) is 9.68 Å². The minimum Gasteiger partial charge on any atom is -0.338 e. The van der Waals surface area contributed by atoms with Gasteiger partial charge in [0.05, 0.1) is 23.5 Å². The van der Waals surface area contributed by atoms with Crippen molar-refractivity contribution in [2.75, 3.05) is 16.7 Å². The highest BCUT2D eigenvalue weighted by Crippen LogP contribution is 2.20. The third-order valence-corrected chi connectivity index (χ3v) is 3.62. The molecule has 0 aliphatic rings. The van der Waals surface area contributed by atoms with Gasteiger partial charge < -0.3 is 4.84 Å². The van der Waals surface area contributed by atoms with Gasteiger partial charge in [-0.2, -0.15) is 0 Å². The van der Waals surface area contributed by atoms with Crippen LogP contribution in [0.2, 0.25) is 0 Å². The number of carbonyl (C=O) groups excluding carboxylic acids is 1. The van der Waals surface area contributed by atoms with Gasteiger partial charge in [-0.1, -0.05) is 0 Å². The third kappa shape index (κ3) is 5.92. The highest BCUT2D eigenvalue weighted by Gasteiger charge is 2.19. The minimum absolute atomic E-state index is 0.0819. The smallest absolute Gasteiger partial charge is 0.338 e. The lowest BCUT2D eigenvalue weighted by molar-refractivity contribution is -0.152. The van der Waals surface area contributed by atoms with E-state index in [0.717, 1.165) is 0 Å². The maximum absolute atomic E-state index is 13.1. The number of rotatable bonds is 8. The van der Waals surface area contributed by atoms with E-state index in [-0.39, 0.29) is 30.3 Å². The van der Waals surface area contributed by atoms with Crippen LogP contribution in [0.25, 0.3) is 0 Å². The molecule has 0 atom stereocenters. The van der Waals surface area contributed by atoms with Crippen molar-refractivity contribution < 1.29 is 23.3 Å². The Morgan fingerprint density at radius 1 is 0.815 bits per heavy atom. The van der Waals surface area contributed by atoms with Gasteiger partial charge in [-0.25, -0.2) is 18.6 Å². The quantitative estimate of drug-likeness (QED) is 0.634. The molecule has 5 nitrogen and oxygen atoms in total. The van der Waals surface area contributed by atoms with Crippen LogP contribution in [0.4, 0.5) is 20.2 Å². The summed E-state index contributed by atoms with van der Waals surface area (Å²) in [5.74, 6) is -1.33. The molecule has 7 heteroatoms. The van der Waals surface area contributed by atoms with Crippen LogP contribution >= 0.6 is 0 Å². The molecule has 0 saturated carbocycles. The molecule has 2 aromatic carbocycles. The second-order valence-electron chi connectivity index (χ2n) is 6.53. The van der Waals surface area contributed by atoms with Gasteiger partial charge in [0.2, 0.25) is 0 Å². The molecule has 0 unspecified atom stereocenters. The van der Waals surface area contributed by atoms with Gasteiger partial charge in [0.15, 0.2) is 6.61 Å². The number of hydrogen-bond acceptors (Lipinski definition) is 5. The van der Waals surface area contributed by atoms with Crippen LogP contribution < -0.4 is 10.1 Å². The zero-order valence-corrected chi connectivity index (χ0v) is 15.9. The van der Waals surface area contributed by atoms with Crippen molar-refractivity contribution >= 4 is 17.3 Å². The molecule has 0 saturated heterocycles. The normalized spacial score (nSPS) is 11.0. The maximum Gasteiger partial charge on any atom is 0.360 e. The van der Waals surface area contributed by atoms with E-state index in [2.05, 4.69) is 0 Å². The van der Waals surface area contributed by atoms with Crippen LogP contribution in [0, 0.1) is 11.6 Å². The number of hydrogen-bond donors (Lipinski definition) is 0. The van der Waals surface area contributed by atoms with Crippen LogP contribution in [0.5, 0.6) is 0 Å². The summed E-state index contributed by atoms with van der Waals surface area (Å²) in [4.78, 5) is 23.2. The zero-order valence-electron chi connectivity index (χ0n) is 15.9. The van der Waals surface area contributed by atoms with Crippen LogP contribution in [0.15, 0.2) is 48.5 Å². The lowest BCUT2D eigenvalue weighted by Crippen LogP contribution is -2.38. The molecule has 0 heterocycles. The van der Waals surface area contributed by atoms with E-state index in [1.165, 1.54) is 46.5 Å². The summed E-state index contributed by atoms with van der Waals surface area (Å²) in [6.07, 6.45) is 0. The van der Waals surface area contributed by atoms with E-state index >= 15 is 0 Å². The molecule has 2 rings (SSSR count). The molecule has 0 aromatic heterocycles. The summed E-state index contributed by atoms with van der Waals surface area (Å²) in [6.45, 7) is 7.12. The van der Waals surface area contributed by atoms with Crippen molar-refractivity contribution in [2.45, 2.75) is 39.8 Å². The Morgan fingerprint density at radius 2 is 1.22 bits per heavy atom. The molecule has 0 amide bonds. The molecule has 146 valence electrons. The van der Waals surface area contributed by atoms with Crippen molar-refractivity contribution in [1.29, 1.82) is 0 Å². The highest BCUT2D eigenvalue weighted by molar-refractivity contribution is 5.72. The van der Waals surface area contributed by atoms with Gasteiger partial charge in [0, 0.05) is 0 Å². The van der Waals surface area contributed by atoms with E-state index in [1.807, 2.05) is 27.7 Å². The first-order valence-electron chi connectivity index (χ1n) is 8.71. The fourth-order valence-corrected chi connectivity index (χ4v) is 2.41. The van der Waals surface area contributed by atoms with Gasteiger partial charge >= 0.3 is 5.97 Å². The van der Waals surface area contributed by atoms with E-state index in [1.54, 1.807) is 12.1 Å². The van der Waals surface area contributed by atoms with Crippen molar-refractivity contribution in [3.63, 3.8) is 0 Å². The monoisotopic (exact) mass is 378 g/mol. The summed E-state index contributed by atoms with van der Waals surface area (Å²) >= 11 is 0. The Bertz CT molecular complexity index is 734. The highest BCUT2D eigenvalue weighted by atomic mass is 19.1. The van der Waals surface area contributed by atoms with Gasteiger partial charge in [-0.15, -0.1) is 0 Å². The molecule has 0 bridgehead atoms. The number of hydroxylamine groups is 2. The number of nitrogens with zero attached hydrogens (tertiary/aromatic N) is 2. The van der Waals surface area contributed by atoms with Gasteiger partial charge in [-0.05, 0) is 76.2 Å². The number of carbonyl (C=O) groups is 1. The second kappa shape index (κ2) is 9.32. The molecule has 27 heavy (non-hydrogen) atoms. The number of anilines is 2. The Balaban J connectivity index is 2.01. The van der Waals surface area contributed by atoms with Crippen LogP contribution in [-0.2, 0) is 14.5 Å². The predicted molar refractivity (Wildman–Crippen MR) is 100 cm³/mol. The van der Waals surface area contributed by atoms with E-state index < -0.39 is 5.97 Å². The Kier molecular flexibility index (Phi) is 7.12. The summed E-state index contributed by atoms with van der Waals surface area (Å²) in [5.41, 5.74) is 1.18. The fraction of sp³-hybridized carbons (Fsp3) is 0.350. The number of benzene rings is 2. The van der Waals surface area contributed by atoms with Crippen LogP contribution in [0.3, 0.4) is 0 Å². The largest absolute Gasteiger partial charge is 0.360 e. The SMILES string of the molecule is CC(C)N(OCC(=O)ON(c1ccc(F)cc1)C(C)C)c1ccc(F)cc1. The Labute approximate surface area is 158 Å². The third-order valence-electron chi connectivity index (χ3n) is 3.62.